The molecule has 0 saturated carbocycles. The van der Waals surface area contributed by atoms with Crippen LogP contribution in [0.5, 0.6) is 0 Å². The third-order valence-electron chi connectivity index (χ3n) is 3.47. The summed E-state index contributed by atoms with van der Waals surface area (Å²) in [6.45, 7) is 0. The maximum Gasteiger partial charge on any atom is 0.115 e. The Morgan fingerprint density at radius 2 is 2.00 bits per heavy atom. The highest BCUT2D eigenvalue weighted by Crippen LogP contribution is 2.37. The van der Waals surface area contributed by atoms with Gasteiger partial charge < -0.3 is 5.11 Å². The van der Waals surface area contributed by atoms with Gasteiger partial charge in [-0.2, -0.15) is 11.3 Å². The van der Waals surface area contributed by atoms with Crippen molar-refractivity contribution in [3.8, 4) is 0 Å². The van der Waals surface area contributed by atoms with Crippen LogP contribution < -0.4 is 0 Å². The zero-order chi connectivity index (χ0) is 12.5. The number of halogens is 1. The van der Waals surface area contributed by atoms with E-state index in [1.165, 1.54) is 42.5 Å². The highest BCUT2D eigenvalue weighted by atomic mass is 79.9. The second-order valence-electron chi connectivity index (χ2n) is 4.74. The molecule has 1 aliphatic carbocycles. The SMILES string of the molecule is OC(c1cc2c(s1)CCCCC2)c1cscc1Br. The fourth-order valence-electron chi connectivity index (χ4n) is 2.46. The first-order valence-corrected chi connectivity index (χ1v) is 8.82. The summed E-state index contributed by atoms with van der Waals surface area (Å²) in [7, 11) is 0. The molecule has 2 aromatic heterocycles. The molecule has 4 heteroatoms. The summed E-state index contributed by atoms with van der Waals surface area (Å²) in [5, 5.41) is 14.5. The molecular weight excluding hydrogens is 328 g/mol. The number of thiophene rings is 2. The Balaban J connectivity index is 1.91. The molecule has 2 aromatic rings. The molecule has 0 radical (unpaired) electrons. The Bertz CT molecular complexity index is 520. The van der Waals surface area contributed by atoms with Crippen LogP contribution in [-0.2, 0) is 12.8 Å². The van der Waals surface area contributed by atoms with Crippen molar-refractivity contribution >= 4 is 38.6 Å². The number of rotatable bonds is 2. The van der Waals surface area contributed by atoms with E-state index in [2.05, 4.69) is 22.0 Å². The van der Waals surface area contributed by atoms with Gasteiger partial charge >= 0.3 is 0 Å². The van der Waals surface area contributed by atoms with E-state index in [0.29, 0.717) is 0 Å². The van der Waals surface area contributed by atoms with E-state index in [-0.39, 0.29) is 0 Å². The first-order valence-electron chi connectivity index (χ1n) is 6.27. The van der Waals surface area contributed by atoms with Crippen LogP contribution in [0.3, 0.4) is 0 Å². The molecule has 0 bridgehead atoms. The third kappa shape index (κ3) is 2.44. The summed E-state index contributed by atoms with van der Waals surface area (Å²) in [6.07, 6.45) is 5.84. The number of fused-ring (bicyclic) bond motifs is 1. The summed E-state index contributed by atoms with van der Waals surface area (Å²) in [5.74, 6) is 0. The van der Waals surface area contributed by atoms with E-state index in [1.807, 2.05) is 10.8 Å². The minimum absolute atomic E-state index is 0.470. The zero-order valence-electron chi connectivity index (χ0n) is 9.99. The molecule has 1 N–H and O–H groups in total. The van der Waals surface area contributed by atoms with E-state index in [0.717, 1.165) is 14.9 Å². The van der Waals surface area contributed by atoms with Crippen molar-refractivity contribution in [1.29, 1.82) is 0 Å². The Morgan fingerprint density at radius 3 is 2.78 bits per heavy atom. The molecule has 1 nitrogen and oxygen atoms in total. The van der Waals surface area contributed by atoms with Crippen LogP contribution in [0.4, 0.5) is 0 Å². The Morgan fingerprint density at radius 1 is 1.17 bits per heavy atom. The Labute approximate surface area is 124 Å². The highest BCUT2D eigenvalue weighted by Gasteiger charge is 2.20. The fourth-order valence-corrected chi connectivity index (χ4v) is 5.26. The Hall–Kier alpha value is -0.160. The first-order chi connectivity index (χ1) is 8.75. The van der Waals surface area contributed by atoms with Crippen LogP contribution in [0.15, 0.2) is 21.3 Å². The summed E-state index contributed by atoms with van der Waals surface area (Å²) < 4.78 is 1.02. The molecule has 0 aliphatic heterocycles. The van der Waals surface area contributed by atoms with Gasteiger partial charge in [-0.25, -0.2) is 0 Å². The van der Waals surface area contributed by atoms with Gasteiger partial charge in [0.15, 0.2) is 0 Å². The summed E-state index contributed by atoms with van der Waals surface area (Å²) in [5.41, 5.74) is 2.47. The number of aliphatic hydroxyl groups is 1. The van der Waals surface area contributed by atoms with Crippen molar-refractivity contribution in [1.82, 2.24) is 0 Å². The maximum atomic E-state index is 10.5. The number of hydrogen-bond donors (Lipinski definition) is 1. The van der Waals surface area contributed by atoms with E-state index < -0.39 is 6.10 Å². The molecule has 0 aromatic carbocycles. The van der Waals surface area contributed by atoms with E-state index in [4.69, 9.17) is 0 Å². The normalized spacial score (nSPS) is 17.2. The predicted octanol–water partition coefficient (Wildman–Crippen LogP) is 4.92. The monoisotopic (exact) mass is 342 g/mol. The van der Waals surface area contributed by atoms with Gasteiger partial charge in [-0.1, -0.05) is 6.42 Å². The molecule has 1 unspecified atom stereocenters. The standard InChI is InChI=1S/C14H15BrOS2/c15-11-8-17-7-10(11)14(16)13-6-9-4-2-1-3-5-12(9)18-13/h6-8,14,16H,1-5H2. The van der Waals surface area contributed by atoms with E-state index >= 15 is 0 Å². The summed E-state index contributed by atoms with van der Waals surface area (Å²) in [6, 6.07) is 2.22. The van der Waals surface area contributed by atoms with E-state index in [9.17, 15) is 5.11 Å². The third-order valence-corrected chi connectivity index (χ3v) is 6.51. The average Bonchev–Trinajstić information content (AvgIpc) is 2.90. The van der Waals surface area contributed by atoms with Crippen molar-refractivity contribution in [3.63, 3.8) is 0 Å². The maximum absolute atomic E-state index is 10.5. The Kier molecular flexibility index (Phi) is 3.89. The largest absolute Gasteiger partial charge is 0.383 e. The van der Waals surface area contributed by atoms with Gasteiger partial charge in [0.25, 0.3) is 0 Å². The van der Waals surface area contributed by atoms with Gasteiger partial charge in [0.1, 0.15) is 6.10 Å². The van der Waals surface area contributed by atoms with Crippen molar-refractivity contribution in [2.24, 2.45) is 0 Å². The van der Waals surface area contributed by atoms with Gasteiger partial charge in [-0.15, -0.1) is 11.3 Å². The molecule has 18 heavy (non-hydrogen) atoms. The van der Waals surface area contributed by atoms with Crippen molar-refractivity contribution in [2.75, 3.05) is 0 Å². The van der Waals surface area contributed by atoms with E-state index in [1.54, 1.807) is 22.7 Å². The predicted molar refractivity (Wildman–Crippen MR) is 81.7 cm³/mol. The van der Waals surface area contributed by atoms with Crippen LogP contribution >= 0.6 is 38.6 Å². The van der Waals surface area contributed by atoms with Gasteiger partial charge in [0.2, 0.25) is 0 Å². The second-order valence-corrected chi connectivity index (χ2v) is 7.50. The lowest BCUT2D eigenvalue weighted by Crippen LogP contribution is -1.95. The highest BCUT2D eigenvalue weighted by molar-refractivity contribution is 9.10. The topological polar surface area (TPSA) is 20.2 Å². The van der Waals surface area contributed by atoms with Crippen LogP contribution in [0.2, 0.25) is 0 Å². The summed E-state index contributed by atoms with van der Waals surface area (Å²) in [4.78, 5) is 2.59. The lowest BCUT2D eigenvalue weighted by molar-refractivity contribution is 0.224. The van der Waals surface area contributed by atoms with Crippen LogP contribution in [-0.4, -0.2) is 5.11 Å². The van der Waals surface area contributed by atoms with Crippen LogP contribution in [0, 0.1) is 0 Å². The van der Waals surface area contributed by atoms with Crippen LogP contribution in [0.25, 0.3) is 0 Å². The molecule has 3 rings (SSSR count). The lowest BCUT2D eigenvalue weighted by Gasteiger charge is -2.07. The zero-order valence-corrected chi connectivity index (χ0v) is 13.2. The molecule has 0 amide bonds. The molecule has 1 aliphatic rings. The number of aryl methyl sites for hydroxylation is 2. The minimum atomic E-state index is -0.470. The molecular formula is C14H15BrOS2. The second kappa shape index (κ2) is 5.45. The van der Waals surface area contributed by atoms with Gasteiger partial charge in [0.05, 0.1) is 0 Å². The van der Waals surface area contributed by atoms with Crippen molar-refractivity contribution < 1.29 is 5.11 Å². The van der Waals surface area contributed by atoms with Crippen molar-refractivity contribution in [3.05, 3.63) is 42.2 Å². The van der Waals surface area contributed by atoms with Crippen molar-refractivity contribution in [2.45, 2.75) is 38.2 Å². The molecule has 2 heterocycles. The quantitative estimate of drug-likeness (QED) is 0.767. The number of aliphatic hydroxyl groups excluding tert-OH is 1. The lowest BCUT2D eigenvalue weighted by atomic mass is 10.1. The number of hydrogen-bond acceptors (Lipinski definition) is 3. The molecule has 1 atom stereocenters. The fraction of sp³-hybridized carbons (Fsp3) is 0.429. The summed E-state index contributed by atoms with van der Waals surface area (Å²) >= 11 is 6.93. The molecule has 96 valence electrons. The van der Waals surface area contributed by atoms with Crippen LogP contribution in [0.1, 0.15) is 46.2 Å². The average molecular weight is 343 g/mol. The molecule has 0 spiro atoms. The van der Waals surface area contributed by atoms with Gasteiger partial charge in [0, 0.05) is 25.2 Å². The molecule has 0 fully saturated rings. The first kappa shape index (κ1) is 12.9. The smallest absolute Gasteiger partial charge is 0.115 e. The molecule has 0 saturated heterocycles. The van der Waals surface area contributed by atoms with Gasteiger partial charge in [-0.05, 0) is 58.6 Å². The minimum Gasteiger partial charge on any atom is -0.383 e. The van der Waals surface area contributed by atoms with Gasteiger partial charge in [-0.3, -0.25) is 0 Å².